The van der Waals surface area contributed by atoms with Crippen molar-refractivity contribution in [2.45, 2.75) is 25.0 Å². The van der Waals surface area contributed by atoms with Crippen LogP contribution in [0.5, 0.6) is 0 Å². The van der Waals surface area contributed by atoms with Gasteiger partial charge in [-0.05, 0) is 19.9 Å². The molecule has 2 atom stereocenters. The summed E-state index contributed by atoms with van der Waals surface area (Å²) in [7, 11) is 1.18. The lowest BCUT2D eigenvalue weighted by Gasteiger charge is -2.33. The van der Waals surface area contributed by atoms with E-state index >= 15 is 0 Å². The van der Waals surface area contributed by atoms with Crippen molar-refractivity contribution < 1.29 is 28.2 Å². The minimum absolute atomic E-state index is 0.0208. The molecule has 28 heavy (non-hydrogen) atoms. The number of ether oxygens (including phenoxy) is 2. The molecular weight excluding hydrogens is 387 g/mol. The van der Waals surface area contributed by atoms with Crippen LogP contribution in [0.15, 0.2) is 46.3 Å². The maximum Gasteiger partial charge on any atom is 0.338 e. The van der Waals surface area contributed by atoms with Crippen LogP contribution in [0.4, 0.5) is 4.39 Å². The van der Waals surface area contributed by atoms with Gasteiger partial charge in [0.1, 0.15) is 11.6 Å². The number of halogens is 1. The quantitative estimate of drug-likeness (QED) is 0.764. The first kappa shape index (κ1) is 19.9. The minimum Gasteiger partial charge on any atom is -0.466 e. The first-order valence-corrected chi connectivity index (χ1v) is 9.45. The molecule has 148 valence electrons. The van der Waals surface area contributed by atoms with Crippen molar-refractivity contribution in [3.05, 3.63) is 57.6 Å². The largest absolute Gasteiger partial charge is 0.466 e. The Morgan fingerprint density at radius 2 is 1.93 bits per heavy atom. The third-order valence-electron chi connectivity index (χ3n) is 4.50. The number of hydrogen-bond donors (Lipinski definition) is 1. The summed E-state index contributed by atoms with van der Waals surface area (Å²) in [6.07, 6.45) is 0. The number of rotatable bonds is 4. The number of hydrogen-bond acceptors (Lipinski definition) is 7. The average Bonchev–Trinajstić information content (AvgIpc) is 2.96. The molecule has 0 radical (unpaired) electrons. The second-order valence-electron chi connectivity index (χ2n) is 6.12. The highest BCUT2D eigenvalue weighted by Crippen LogP contribution is 2.50. The molecule has 1 amide bonds. The van der Waals surface area contributed by atoms with Gasteiger partial charge < -0.3 is 15.2 Å². The van der Waals surface area contributed by atoms with E-state index in [-0.39, 0.29) is 40.1 Å². The van der Waals surface area contributed by atoms with Crippen LogP contribution < -0.4 is 5.73 Å². The lowest BCUT2D eigenvalue weighted by molar-refractivity contribution is -0.139. The lowest BCUT2D eigenvalue weighted by atomic mass is 9.82. The van der Waals surface area contributed by atoms with E-state index in [4.69, 9.17) is 15.2 Å². The van der Waals surface area contributed by atoms with E-state index < -0.39 is 28.9 Å². The third kappa shape index (κ3) is 3.05. The number of carbonyl (C=O) groups is 3. The summed E-state index contributed by atoms with van der Waals surface area (Å²) in [6.45, 7) is 3.31. The van der Waals surface area contributed by atoms with Crippen LogP contribution in [0.2, 0.25) is 0 Å². The van der Waals surface area contributed by atoms with Crippen LogP contribution >= 0.6 is 11.8 Å². The highest BCUT2D eigenvalue weighted by atomic mass is 32.2. The molecule has 0 saturated carbocycles. The summed E-state index contributed by atoms with van der Waals surface area (Å²) in [4.78, 5) is 39.2. The van der Waals surface area contributed by atoms with Crippen LogP contribution in [0.1, 0.15) is 25.3 Å². The van der Waals surface area contributed by atoms with Crippen LogP contribution in [0.3, 0.4) is 0 Å². The summed E-state index contributed by atoms with van der Waals surface area (Å²) >= 11 is 1.11. The van der Waals surface area contributed by atoms with E-state index in [1.54, 1.807) is 19.9 Å². The molecule has 1 aromatic carbocycles. The smallest absolute Gasteiger partial charge is 0.338 e. The molecule has 1 saturated heterocycles. The van der Waals surface area contributed by atoms with E-state index in [0.29, 0.717) is 0 Å². The average molecular weight is 406 g/mol. The van der Waals surface area contributed by atoms with Gasteiger partial charge in [-0.25, -0.2) is 14.0 Å². The van der Waals surface area contributed by atoms with Gasteiger partial charge in [-0.15, -0.1) is 0 Å². The number of amides is 1. The summed E-state index contributed by atoms with van der Waals surface area (Å²) in [5.74, 6) is -3.95. The molecule has 1 fully saturated rings. The van der Waals surface area contributed by atoms with E-state index in [1.807, 2.05) is 0 Å². The normalized spacial score (nSPS) is 21.7. The van der Waals surface area contributed by atoms with Gasteiger partial charge in [0.05, 0.1) is 41.1 Å². The second-order valence-corrected chi connectivity index (χ2v) is 7.45. The van der Waals surface area contributed by atoms with Crippen LogP contribution in [0, 0.1) is 5.82 Å². The fourth-order valence-electron chi connectivity index (χ4n) is 3.27. The Morgan fingerprint density at radius 1 is 1.25 bits per heavy atom. The molecular formula is C19H19FN2O5S. The van der Waals surface area contributed by atoms with E-state index in [0.717, 1.165) is 16.7 Å². The highest BCUT2D eigenvalue weighted by Gasteiger charge is 2.49. The van der Waals surface area contributed by atoms with Crippen LogP contribution in [0.25, 0.3) is 0 Å². The van der Waals surface area contributed by atoms with E-state index in [9.17, 15) is 18.8 Å². The maximum atomic E-state index is 14.7. The van der Waals surface area contributed by atoms with E-state index in [1.165, 1.54) is 25.3 Å². The van der Waals surface area contributed by atoms with Crippen molar-refractivity contribution in [1.82, 2.24) is 4.90 Å². The molecule has 9 heteroatoms. The molecule has 3 rings (SSSR count). The van der Waals surface area contributed by atoms with Gasteiger partial charge in [-0.2, -0.15) is 0 Å². The van der Waals surface area contributed by atoms with Crippen molar-refractivity contribution in [3.63, 3.8) is 0 Å². The van der Waals surface area contributed by atoms with E-state index in [2.05, 4.69) is 0 Å². The number of benzene rings is 1. The number of methoxy groups -OCH3 is 1. The highest BCUT2D eigenvalue weighted by molar-refractivity contribution is 8.04. The Kier molecular flexibility index (Phi) is 5.46. The third-order valence-corrected chi connectivity index (χ3v) is 5.68. The fourth-order valence-corrected chi connectivity index (χ4v) is 4.43. The molecule has 0 aromatic heterocycles. The van der Waals surface area contributed by atoms with Crippen molar-refractivity contribution in [3.8, 4) is 0 Å². The Bertz CT molecular complexity index is 927. The van der Waals surface area contributed by atoms with Gasteiger partial charge in [0.25, 0.3) is 0 Å². The SMILES string of the molecule is CCOC(=O)C1=C(N)N2C(=O)C(C)SC2=C(C(=O)OC)C1c1ccccc1F. The second kappa shape index (κ2) is 7.67. The number of nitrogens with two attached hydrogens (primary N) is 1. The zero-order chi connectivity index (χ0) is 20.6. The first-order valence-electron chi connectivity index (χ1n) is 8.57. The molecule has 2 aliphatic heterocycles. The van der Waals surface area contributed by atoms with Crippen molar-refractivity contribution in [1.29, 1.82) is 0 Å². The van der Waals surface area contributed by atoms with Gasteiger partial charge in [-0.3, -0.25) is 9.69 Å². The van der Waals surface area contributed by atoms with Gasteiger partial charge in [0.2, 0.25) is 5.91 Å². The summed E-state index contributed by atoms with van der Waals surface area (Å²) in [6, 6.07) is 5.75. The molecule has 2 N–H and O–H groups in total. The standard InChI is InChI=1S/C19H19FN2O5S/c1-4-27-19(25)13-12(10-7-5-6-8-11(10)20)14(18(24)26-3)17-22(15(13)21)16(23)9(2)28-17/h5-9,12H,4,21H2,1-3H3. The van der Waals surface area contributed by atoms with Crippen molar-refractivity contribution in [2.24, 2.45) is 5.73 Å². The molecule has 1 aromatic rings. The molecule has 2 unspecified atom stereocenters. The number of carbonyl (C=O) groups excluding carboxylic acids is 3. The van der Waals surface area contributed by atoms with Gasteiger partial charge in [0.15, 0.2) is 0 Å². The van der Waals surface area contributed by atoms with Crippen LogP contribution in [-0.4, -0.2) is 41.7 Å². The molecule has 0 aliphatic carbocycles. The Morgan fingerprint density at radius 3 is 2.54 bits per heavy atom. The number of nitrogens with zero attached hydrogens (tertiary/aromatic N) is 1. The minimum atomic E-state index is -1.16. The predicted octanol–water partition coefficient (Wildman–Crippen LogP) is 2.00. The zero-order valence-electron chi connectivity index (χ0n) is 15.5. The summed E-state index contributed by atoms with van der Waals surface area (Å²) < 4.78 is 24.7. The Labute approximate surface area is 165 Å². The summed E-state index contributed by atoms with van der Waals surface area (Å²) in [5.41, 5.74) is 6.07. The molecule has 7 nitrogen and oxygen atoms in total. The number of fused-ring (bicyclic) bond motifs is 1. The molecule has 2 heterocycles. The van der Waals surface area contributed by atoms with Crippen LogP contribution in [-0.2, 0) is 23.9 Å². The first-order chi connectivity index (χ1) is 13.3. The molecule has 0 bridgehead atoms. The van der Waals surface area contributed by atoms with Crippen molar-refractivity contribution in [2.75, 3.05) is 13.7 Å². The predicted molar refractivity (Wildman–Crippen MR) is 99.9 cm³/mol. The Balaban J connectivity index is 2.34. The monoisotopic (exact) mass is 406 g/mol. The van der Waals surface area contributed by atoms with Crippen molar-refractivity contribution >= 4 is 29.6 Å². The zero-order valence-corrected chi connectivity index (χ0v) is 16.3. The molecule has 0 spiro atoms. The number of thioether (sulfide) groups is 1. The van der Waals surface area contributed by atoms with Gasteiger partial charge in [-0.1, -0.05) is 30.0 Å². The summed E-state index contributed by atoms with van der Waals surface area (Å²) in [5, 5.41) is -0.292. The van der Waals surface area contributed by atoms with Gasteiger partial charge in [0, 0.05) is 5.56 Å². The Hall–Kier alpha value is -2.81. The fraction of sp³-hybridized carbons (Fsp3) is 0.316. The van der Waals surface area contributed by atoms with Gasteiger partial charge >= 0.3 is 11.9 Å². The maximum absolute atomic E-state index is 14.7. The number of esters is 2. The lowest BCUT2D eigenvalue weighted by Crippen LogP contribution is -2.40. The molecule has 2 aliphatic rings. The topological polar surface area (TPSA) is 98.9 Å².